The number of nitrogens with zero attached hydrogens (tertiary/aromatic N) is 2. The van der Waals surface area contributed by atoms with Crippen LogP contribution >= 0.6 is 11.6 Å². The Hall–Kier alpha value is -1.03. The maximum atomic E-state index is 6.18. The van der Waals surface area contributed by atoms with Crippen LogP contribution in [0.4, 0.5) is 11.8 Å². The molecule has 18 heavy (non-hydrogen) atoms. The van der Waals surface area contributed by atoms with Crippen molar-refractivity contribution in [2.45, 2.75) is 38.6 Å². The van der Waals surface area contributed by atoms with Crippen LogP contribution in [-0.2, 0) is 0 Å². The van der Waals surface area contributed by atoms with Gasteiger partial charge in [0, 0.05) is 12.6 Å². The van der Waals surface area contributed by atoms with Gasteiger partial charge < -0.3 is 10.6 Å². The van der Waals surface area contributed by atoms with Gasteiger partial charge in [-0.3, -0.25) is 0 Å². The molecule has 0 amide bonds. The van der Waals surface area contributed by atoms with Gasteiger partial charge in [-0.1, -0.05) is 11.6 Å². The van der Waals surface area contributed by atoms with Crippen molar-refractivity contribution in [3.8, 4) is 0 Å². The maximum absolute atomic E-state index is 6.18. The molecule has 2 saturated carbocycles. The van der Waals surface area contributed by atoms with Gasteiger partial charge in [0.1, 0.15) is 5.02 Å². The summed E-state index contributed by atoms with van der Waals surface area (Å²) >= 11 is 6.18. The van der Waals surface area contributed by atoms with Gasteiger partial charge in [0.2, 0.25) is 5.95 Å². The summed E-state index contributed by atoms with van der Waals surface area (Å²) in [6.07, 6.45) is 7.05. The molecule has 1 aromatic rings. The second-order valence-electron chi connectivity index (χ2n) is 5.27. The number of nitrogens with one attached hydrogen (secondary N) is 2. The zero-order valence-electron chi connectivity index (χ0n) is 10.6. The third kappa shape index (κ3) is 2.69. The number of rotatable bonds is 6. The van der Waals surface area contributed by atoms with Gasteiger partial charge in [-0.25, -0.2) is 4.98 Å². The second kappa shape index (κ2) is 4.92. The molecule has 0 bridgehead atoms. The molecule has 1 heterocycles. The zero-order valence-corrected chi connectivity index (χ0v) is 11.4. The first-order valence-corrected chi connectivity index (χ1v) is 7.18. The molecule has 2 aliphatic rings. The predicted molar refractivity (Wildman–Crippen MR) is 74.1 cm³/mol. The summed E-state index contributed by atoms with van der Waals surface area (Å²) in [6, 6.07) is 0.562. The summed E-state index contributed by atoms with van der Waals surface area (Å²) < 4.78 is 0. The molecule has 98 valence electrons. The van der Waals surface area contributed by atoms with Gasteiger partial charge >= 0.3 is 0 Å². The van der Waals surface area contributed by atoms with Crippen LogP contribution in [0.3, 0.4) is 0 Å². The van der Waals surface area contributed by atoms with E-state index < -0.39 is 0 Å². The second-order valence-corrected chi connectivity index (χ2v) is 5.67. The third-order valence-corrected chi connectivity index (χ3v) is 3.92. The summed E-state index contributed by atoms with van der Waals surface area (Å²) in [7, 11) is 0. The third-order valence-electron chi connectivity index (χ3n) is 3.64. The minimum absolute atomic E-state index is 0.562. The van der Waals surface area contributed by atoms with Crippen molar-refractivity contribution in [3.05, 3.63) is 11.2 Å². The standard InChI is InChI=1S/C13H19ClN4/c1-2-15-13-16-7-10(14)12(18-13)17-11(8-3-4-8)9-5-6-9/h7-9,11H,2-6H2,1H3,(H2,15,16,17,18). The van der Waals surface area contributed by atoms with E-state index in [2.05, 4.69) is 20.6 Å². The first-order chi connectivity index (χ1) is 8.78. The molecule has 0 saturated heterocycles. The number of hydrogen-bond donors (Lipinski definition) is 2. The summed E-state index contributed by atoms with van der Waals surface area (Å²) in [5.41, 5.74) is 0. The van der Waals surface area contributed by atoms with Crippen molar-refractivity contribution in [1.29, 1.82) is 0 Å². The van der Waals surface area contributed by atoms with Crippen LogP contribution in [0, 0.1) is 11.8 Å². The molecule has 2 aliphatic carbocycles. The lowest BCUT2D eigenvalue weighted by atomic mass is 10.1. The van der Waals surface area contributed by atoms with Crippen LogP contribution in [0.5, 0.6) is 0 Å². The van der Waals surface area contributed by atoms with Crippen LogP contribution in [0.25, 0.3) is 0 Å². The quantitative estimate of drug-likeness (QED) is 0.830. The molecule has 2 fully saturated rings. The lowest BCUT2D eigenvalue weighted by Gasteiger charge is -2.19. The highest BCUT2D eigenvalue weighted by molar-refractivity contribution is 6.32. The van der Waals surface area contributed by atoms with E-state index in [9.17, 15) is 0 Å². The molecule has 0 atom stereocenters. The summed E-state index contributed by atoms with van der Waals surface area (Å²) in [4.78, 5) is 8.62. The number of aromatic nitrogens is 2. The zero-order chi connectivity index (χ0) is 12.5. The highest BCUT2D eigenvalue weighted by Gasteiger charge is 2.41. The molecule has 0 unspecified atom stereocenters. The first-order valence-electron chi connectivity index (χ1n) is 6.81. The molecule has 0 aromatic carbocycles. The molecule has 0 spiro atoms. The van der Waals surface area contributed by atoms with E-state index in [1.807, 2.05) is 6.92 Å². The fourth-order valence-corrected chi connectivity index (χ4v) is 2.55. The van der Waals surface area contributed by atoms with Crippen molar-refractivity contribution < 1.29 is 0 Å². The highest BCUT2D eigenvalue weighted by atomic mass is 35.5. The Morgan fingerprint density at radius 2 is 2.00 bits per heavy atom. The van der Waals surface area contributed by atoms with Crippen molar-refractivity contribution in [3.63, 3.8) is 0 Å². The Labute approximate surface area is 113 Å². The smallest absolute Gasteiger partial charge is 0.224 e. The fourth-order valence-electron chi connectivity index (χ4n) is 2.40. The van der Waals surface area contributed by atoms with Crippen molar-refractivity contribution in [1.82, 2.24) is 9.97 Å². The number of halogens is 1. The Balaban J connectivity index is 1.75. The average molecular weight is 267 g/mol. The van der Waals surface area contributed by atoms with Crippen LogP contribution in [0.2, 0.25) is 5.02 Å². The van der Waals surface area contributed by atoms with Gasteiger partial charge in [0.05, 0.1) is 6.20 Å². The van der Waals surface area contributed by atoms with Crippen LogP contribution < -0.4 is 10.6 Å². The van der Waals surface area contributed by atoms with Gasteiger partial charge in [-0.05, 0) is 44.4 Å². The Morgan fingerprint density at radius 3 is 2.56 bits per heavy atom. The lowest BCUT2D eigenvalue weighted by molar-refractivity contribution is 0.565. The van der Waals surface area contributed by atoms with Gasteiger partial charge in [-0.2, -0.15) is 4.98 Å². The fraction of sp³-hybridized carbons (Fsp3) is 0.692. The van der Waals surface area contributed by atoms with Crippen LogP contribution in [-0.4, -0.2) is 22.6 Å². The normalized spacial score (nSPS) is 19.1. The number of anilines is 2. The molecule has 0 aliphatic heterocycles. The Kier molecular flexibility index (Phi) is 3.29. The molecule has 3 rings (SSSR count). The van der Waals surface area contributed by atoms with E-state index in [1.54, 1.807) is 6.20 Å². The molecule has 0 radical (unpaired) electrons. The summed E-state index contributed by atoms with van der Waals surface area (Å²) in [5.74, 6) is 3.08. The summed E-state index contributed by atoms with van der Waals surface area (Å²) in [6.45, 7) is 2.85. The highest BCUT2D eigenvalue weighted by Crippen LogP contribution is 2.46. The largest absolute Gasteiger partial charge is 0.365 e. The maximum Gasteiger partial charge on any atom is 0.224 e. The Bertz CT molecular complexity index is 417. The van der Waals surface area contributed by atoms with Gasteiger partial charge in [0.25, 0.3) is 0 Å². The SMILES string of the molecule is CCNc1ncc(Cl)c(NC(C2CC2)C2CC2)n1. The van der Waals surface area contributed by atoms with Gasteiger partial charge in [0.15, 0.2) is 5.82 Å². The predicted octanol–water partition coefficient (Wildman–Crippen LogP) is 3.16. The van der Waals surface area contributed by atoms with E-state index in [0.717, 1.165) is 24.2 Å². The number of hydrogen-bond acceptors (Lipinski definition) is 4. The molecule has 5 heteroatoms. The minimum atomic E-state index is 0.562. The molecule has 2 N–H and O–H groups in total. The Morgan fingerprint density at radius 1 is 1.33 bits per heavy atom. The topological polar surface area (TPSA) is 49.8 Å². The molecule has 4 nitrogen and oxygen atoms in total. The average Bonchev–Trinajstić information content (AvgIpc) is 3.23. The van der Waals surface area contributed by atoms with E-state index in [0.29, 0.717) is 17.0 Å². The lowest BCUT2D eigenvalue weighted by Crippen LogP contribution is -2.25. The van der Waals surface area contributed by atoms with Crippen molar-refractivity contribution in [2.24, 2.45) is 11.8 Å². The van der Waals surface area contributed by atoms with Crippen molar-refractivity contribution in [2.75, 3.05) is 17.2 Å². The van der Waals surface area contributed by atoms with Crippen LogP contribution in [0.1, 0.15) is 32.6 Å². The van der Waals surface area contributed by atoms with E-state index in [4.69, 9.17) is 11.6 Å². The minimum Gasteiger partial charge on any atom is -0.365 e. The monoisotopic (exact) mass is 266 g/mol. The molecular formula is C13H19ClN4. The molecular weight excluding hydrogens is 248 g/mol. The van der Waals surface area contributed by atoms with E-state index in [-0.39, 0.29) is 0 Å². The van der Waals surface area contributed by atoms with Gasteiger partial charge in [-0.15, -0.1) is 0 Å². The van der Waals surface area contributed by atoms with E-state index in [1.165, 1.54) is 25.7 Å². The summed E-state index contributed by atoms with van der Waals surface area (Å²) in [5, 5.41) is 7.28. The van der Waals surface area contributed by atoms with Crippen LogP contribution in [0.15, 0.2) is 6.20 Å². The van der Waals surface area contributed by atoms with Crippen molar-refractivity contribution >= 4 is 23.4 Å². The van der Waals surface area contributed by atoms with E-state index >= 15 is 0 Å². The first kappa shape index (κ1) is 12.0. The molecule has 1 aromatic heterocycles.